The summed E-state index contributed by atoms with van der Waals surface area (Å²) in [6.45, 7) is 4.23. The minimum atomic E-state index is 0.411. The molecule has 1 atom stereocenters. The van der Waals surface area contributed by atoms with E-state index in [1.54, 1.807) is 0 Å². The van der Waals surface area contributed by atoms with Crippen molar-refractivity contribution < 1.29 is 0 Å². The third kappa shape index (κ3) is 1.38. The predicted molar refractivity (Wildman–Crippen MR) is 65.5 cm³/mol. The summed E-state index contributed by atoms with van der Waals surface area (Å²) in [4.78, 5) is 4.39. The highest BCUT2D eigenvalue weighted by Gasteiger charge is 2.23. The lowest BCUT2D eigenvalue weighted by Gasteiger charge is -2.26. The van der Waals surface area contributed by atoms with Crippen molar-refractivity contribution in [3.63, 3.8) is 0 Å². The van der Waals surface area contributed by atoms with Gasteiger partial charge in [0, 0.05) is 11.6 Å². The molecule has 2 heterocycles. The van der Waals surface area contributed by atoms with Crippen LogP contribution in [0.2, 0.25) is 0 Å². The van der Waals surface area contributed by atoms with Gasteiger partial charge >= 0.3 is 0 Å². The Kier molecular flexibility index (Phi) is 2.05. The molecule has 0 spiro atoms. The van der Waals surface area contributed by atoms with Gasteiger partial charge in [-0.15, -0.1) is 0 Å². The van der Waals surface area contributed by atoms with Gasteiger partial charge in [0.15, 0.2) is 0 Å². The molecule has 1 aliphatic rings. The Morgan fingerprint density at radius 3 is 3.06 bits per heavy atom. The van der Waals surface area contributed by atoms with Gasteiger partial charge in [-0.2, -0.15) is 5.26 Å². The van der Waals surface area contributed by atoms with Crippen LogP contribution in [0.5, 0.6) is 0 Å². The van der Waals surface area contributed by atoms with Crippen LogP contribution in [0.15, 0.2) is 24.4 Å². The zero-order chi connectivity index (χ0) is 12.0. The molecule has 2 aromatic rings. The summed E-state index contributed by atoms with van der Waals surface area (Å²) in [5.41, 5.74) is 4.37. The Hall–Kier alpha value is -2.08. The minimum Gasteiger partial charge on any atom is -0.325 e. The summed E-state index contributed by atoms with van der Waals surface area (Å²) in [6, 6.07) is 8.52. The molecule has 3 rings (SSSR count). The normalized spacial score (nSPS) is 17.1. The number of hydrogen-bond donors (Lipinski definition) is 0. The third-order valence-electron chi connectivity index (χ3n) is 3.45. The summed E-state index contributed by atoms with van der Waals surface area (Å²) in [6.07, 6.45) is 2.89. The second-order valence-electron chi connectivity index (χ2n) is 4.60. The van der Waals surface area contributed by atoms with Crippen molar-refractivity contribution in [1.82, 2.24) is 9.55 Å². The van der Waals surface area contributed by atoms with Gasteiger partial charge in [0.05, 0.1) is 23.5 Å². The molecule has 1 aromatic heterocycles. The molecule has 1 aromatic carbocycles. The Balaban J connectivity index is 2.25. The molecule has 3 heteroatoms. The van der Waals surface area contributed by atoms with Crippen molar-refractivity contribution in [2.24, 2.45) is 0 Å². The van der Waals surface area contributed by atoms with Gasteiger partial charge in [-0.05, 0) is 38.0 Å². The minimum absolute atomic E-state index is 0.411. The lowest BCUT2D eigenvalue weighted by molar-refractivity contribution is 0.524. The van der Waals surface area contributed by atoms with Gasteiger partial charge in [0.2, 0.25) is 0 Å². The maximum absolute atomic E-state index is 8.94. The van der Waals surface area contributed by atoms with Crippen LogP contribution < -0.4 is 0 Å². The molecule has 0 unspecified atom stereocenters. The molecule has 0 fully saturated rings. The Morgan fingerprint density at radius 1 is 1.47 bits per heavy atom. The highest BCUT2D eigenvalue weighted by Crippen LogP contribution is 2.35. The summed E-state index contributed by atoms with van der Waals surface area (Å²) in [7, 11) is 0. The van der Waals surface area contributed by atoms with E-state index in [0.29, 0.717) is 6.04 Å². The highest BCUT2D eigenvalue weighted by molar-refractivity contribution is 5.67. The number of fused-ring (bicyclic) bond motifs is 3. The molecule has 3 nitrogen and oxygen atoms in total. The van der Waals surface area contributed by atoms with Crippen molar-refractivity contribution in [2.75, 3.05) is 0 Å². The molecule has 0 N–H and O–H groups in total. The fraction of sp³-hybridized carbons (Fsp3) is 0.286. The first kappa shape index (κ1) is 10.1. The number of imidazole rings is 1. The van der Waals surface area contributed by atoms with Gasteiger partial charge in [-0.1, -0.05) is 6.07 Å². The van der Waals surface area contributed by atoms with Gasteiger partial charge in [0.25, 0.3) is 0 Å². The maximum Gasteiger partial charge on any atom is 0.106 e. The SMILES string of the molecule is Cc1ncc2n1[C@@H](C)Cc1cc(C#N)ccc1-2. The first-order valence-electron chi connectivity index (χ1n) is 5.78. The Labute approximate surface area is 100 Å². The van der Waals surface area contributed by atoms with E-state index in [0.717, 1.165) is 17.8 Å². The standard InChI is InChI=1S/C14H13N3/c1-9-5-12-6-11(7-15)3-4-13(12)14-8-16-10(2)17(9)14/h3-4,6,8-9H,5H2,1-2H3/t9-/m0/s1. The molecule has 1 aliphatic heterocycles. The van der Waals surface area contributed by atoms with E-state index >= 15 is 0 Å². The number of rotatable bonds is 0. The monoisotopic (exact) mass is 223 g/mol. The van der Waals surface area contributed by atoms with Crippen LogP contribution in [0, 0.1) is 18.3 Å². The van der Waals surface area contributed by atoms with E-state index in [1.165, 1.54) is 16.8 Å². The Morgan fingerprint density at radius 2 is 2.29 bits per heavy atom. The van der Waals surface area contributed by atoms with Gasteiger partial charge < -0.3 is 4.57 Å². The third-order valence-corrected chi connectivity index (χ3v) is 3.45. The number of hydrogen-bond acceptors (Lipinski definition) is 2. The van der Waals surface area contributed by atoms with Crippen LogP contribution >= 0.6 is 0 Å². The van der Waals surface area contributed by atoms with Crippen molar-refractivity contribution in [2.45, 2.75) is 26.3 Å². The quantitative estimate of drug-likeness (QED) is 0.689. The second kappa shape index (κ2) is 3.46. The number of nitrogens with zero attached hydrogens (tertiary/aromatic N) is 3. The van der Waals surface area contributed by atoms with Crippen LogP contribution in [-0.4, -0.2) is 9.55 Å². The fourth-order valence-corrected chi connectivity index (χ4v) is 2.70. The van der Waals surface area contributed by atoms with E-state index in [2.05, 4.69) is 22.5 Å². The molecule has 0 bridgehead atoms. The zero-order valence-electron chi connectivity index (χ0n) is 9.94. The molecular formula is C14H13N3. The summed E-state index contributed by atoms with van der Waals surface area (Å²) < 4.78 is 2.27. The van der Waals surface area contributed by atoms with Crippen LogP contribution in [0.4, 0.5) is 0 Å². The summed E-state index contributed by atoms with van der Waals surface area (Å²) >= 11 is 0. The molecule has 84 valence electrons. The fourth-order valence-electron chi connectivity index (χ4n) is 2.70. The first-order chi connectivity index (χ1) is 8.20. The molecule has 0 radical (unpaired) electrons. The van der Waals surface area contributed by atoms with Crippen molar-refractivity contribution >= 4 is 0 Å². The average Bonchev–Trinajstić information content (AvgIpc) is 2.71. The number of nitriles is 1. The van der Waals surface area contributed by atoms with Crippen LogP contribution in [0.3, 0.4) is 0 Å². The van der Waals surface area contributed by atoms with Crippen molar-refractivity contribution in [3.05, 3.63) is 41.3 Å². The average molecular weight is 223 g/mol. The lowest BCUT2D eigenvalue weighted by atomic mass is 9.93. The van der Waals surface area contributed by atoms with Gasteiger partial charge in [-0.3, -0.25) is 0 Å². The van der Waals surface area contributed by atoms with E-state index in [-0.39, 0.29) is 0 Å². The topological polar surface area (TPSA) is 41.6 Å². The second-order valence-corrected chi connectivity index (χ2v) is 4.60. The largest absolute Gasteiger partial charge is 0.325 e. The Bertz CT molecular complexity index is 631. The van der Waals surface area contributed by atoms with E-state index in [9.17, 15) is 0 Å². The van der Waals surface area contributed by atoms with Gasteiger partial charge in [0.1, 0.15) is 5.82 Å². The van der Waals surface area contributed by atoms with Gasteiger partial charge in [-0.25, -0.2) is 4.98 Å². The zero-order valence-corrected chi connectivity index (χ0v) is 9.94. The first-order valence-corrected chi connectivity index (χ1v) is 5.78. The molecule has 0 amide bonds. The number of benzene rings is 1. The molecule has 0 aliphatic carbocycles. The van der Waals surface area contributed by atoms with E-state index < -0.39 is 0 Å². The maximum atomic E-state index is 8.94. The smallest absolute Gasteiger partial charge is 0.106 e. The number of aromatic nitrogens is 2. The summed E-state index contributed by atoms with van der Waals surface area (Å²) in [5.74, 6) is 1.06. The molecule has 0 saturated heterocycles. The lowest BCUT2D eigenvalue weighted by Crippen LogP contribution is -2.16. The molecular weight excluding hydrogens is 210 g/mol. The van der Waals surface area contributed by atoms with E-state index in [1.807, 2.05) is 31.3 Å². The van der Waals surface area contributed by atoms with Crippen LogP contribution in [-0.2, 0) is 6.42 Å². The number of aryl methyl sites for hydroxylation is 1. The van der Waals surface area contributed by atoms with Crippen molar-refractivity contribution in [3.8, 4) is 17.3 Å². The summed E-state index contributed by atoms with van der Waals surface area (Å²) in [5, 5.41) is 8.94. The molecule has 17 heavy (non-hydrogen) atoms. The van der Waals surface area contributed by atoms with E-state index in [4.69, 9.17) is 5.26 Å². The predicted octanol–water partition coefficient (Wildman–Crippen LogP) is 2.85. The van der Waals surface area contributed by atoms with Crippen LogP contribution in [0.1, 0.15) is 29.9 Å². The molecule has 0 saturated carbocycles. The highest BCUT2D eigenvalue weighted by atomic mass is 15.1. The van der Waals surface area contributed by atoms with Crippen molar-refractivity contribution in [1.29, 1.82) is 5.26 Å². The van der Waals surface area contributed by atoms with Crippen LogP contribution in [0.25, 0.3) is 11.3 Å².